The Morgan fingerprint density at radius 1 is 0.552 bits per heavy atom. The first-order chi connectivity index (χ1) is 28.1. The number of rotatable bonds is 42. The summed E-state index contributed by atoms with van der Waals surface area (Å²) < 4.78 is 26.8. The summed E-state index contributed by atoms with van der Waals surface area (Å²) in [4.78, 5) is 45.9. The fourth-order valence-corrected chi connectivity index (χ4v) is 6.79. The molecule has 0 rings (SSSR count). The number of unbranched alkanes of at least 4 members (excludes halogenated alkanes) is 20. The number of aliphatic carboxylic acids is 1. The highest BCUT2D eigenvalue weighted by Crippen LogP contribution is 2.43. The summed E-state index contributed by atoms with van der Waals surface area (Å²) in [5.74, 6) is -2.40. The molecule has 0 saturated carbocycles. The van der Waals surface area contributed by atoms with Crippen LogP contribution in [0.1, 0.15) is 194 Å². The monoisotopic (exact) mass is 840 g/mol. The van der Waals surface area contributed by atoms with Crippen molar-refractivity contribution >= 4 is 25.7 Å². The minimum atomic E-state index is -4.76. The molecule has 0 aliphatic heterocycles. The molecule has 0 aromatic rings. The highest BCUT2D eigenvalue weighted by atomic mass is 31.2. The molecule has 0 bridgehead atoms. The Kier molecular flexibility index (Phi) is 39.4. The van der Waals surface area contributed by atoms with Gasteiger partial charge in [-0.2, -0.15) is 0 Å². The van der Waals surface area contributed by atoms with E-state index in [1.807, 2.05) is 0 Å². The number of esters is 1. The van der Waals surface area contributed by atoms with Crippen molar-refractivity contribution in [1.82, 2.24) is 5.32 Å². The van der Waals surface area contributed by atoms with Gasteiger partial charge in [0.25, 0.3) is 0 Å². The van der Waals surface area contributed by atoms with Crippen LogP contribution in [-0.4, -0.2) is 64.9 Å². The Hall–Kier alpha value is -2.56. The normalized spacial score (nSPS) is 14.1. The van der Waals surface area contributed by atoms with Crippen LogP contribution in [0.3, 0.4) is 0 Å². The van der Waals surface area contributed by atoms with Gasteiger partial charge in [-0.1, -0.05) is 152 Å². The van der Waals surface area contributed by atoms with Crippen molar-refractivity contribution < 1.29 is 47.8 Å². The summed E-state index contributed by atoms with van der Waals surface area (Å²) >= 11 is 0. The highest BCUT2D eigenvalue weighted by molar-refractivity contribution is 7.47. The topological polar surface area (TPSA) is 169 Å². The minimum absolute atomic E-state index is 0.134. The number of hydrogen-bond donors (Lipinski definition) is 4. The molecule has 0 aliphatic rings. The van der Waals surface area contributed by atoms with Gasteiger partial charge in [0.05, 0.1) is 13.2 Å². The van der Waals surface area contributed by atoms with Crippen molar-refractivity contribution in [3.63, 3.8) is 0 Å². The van der Waals surface area contributed by atoms with Crippen LogP contribution in [0.4, 0.5) is 0 Å². The fraction of sp³-hybridized carbons (Fsp3) is 0.761. The zero-order valence-corrected chi connectivity index (χ0v) is 37.2. The lowest BCUT2D eigenvalue weighted by Crippen LogP contribution is -2.43. The molecule has 336 valence electrons. The van der Waals surface area contributed by atoms with Gasteiger partial charge >= 0.3 is 19.8 Å². The molecule has 3 atom stereocenters. The number of phosphoric ester groups is 1. The summed E-state index contributed by atoms with van der Waals surface area (Å²) in [6.07, 6.45) is 45.5. The summed E-state index contributed by atoms with van der Waals surface area (Å²) in [5, 5.41) is 21.8. The first-order valence-electron chi connectivity index (χ1n) is 22.7. The second kappa shape index (κ2) is 41.2. The fourth-order valence-electron chi connectivity index (χ4n) is 6.02. The molecule has 1 amide bonds. The van der Waals surface area contributed by atoms with E-state index in [1.165, 1.54) is 64.2 Å². The molecule has 4 N–H and O–H groups in total. The van der Waals surface area contributed by atoms with Crippen molar-refractivity contribution in [3.05, 3.63) is 48.6 Å². The molecular formula is C46H82NO10P. The van der Waals surface area contributed by atoms with E-state index in [1.54, 1.807) is 0 Å². The zero-order valence-electron chi connectivity index (χ0n) is 36.3. The third-order valence-corrected chi connectivity index (χ3v) is 10.5. The van der Waals surface area contributed by atoms with Crippen LogP contribution in [0.25, 0.3) is 0 Å². The number of phosphoric acid groups is 1. The van der Waals surface area contributed by atoms with Gasteiger partial charge in [0.2, 0.25) is 5.91 Å². The Labute approximate surface area is 352 Å². The van der Waals surface area contributed by atoms with Crippen molar-refractivity contribution in [3.8, 4) is 0 Å². The van der Waals surface area contributed by atoms with Crippen molar-refractivity contribution in [2.45, 2.75) is 206 Å². The van der Waals surface area contributed by atoms with Crippen LogP contribution in [0.2, 0.25) is 0 Å². The predicted octanol–water partition coefficient (Wildman–Crippen LogP) is 11.8. The summed E-state index contributed by atoms with van der Waals surface area (Å²) in [5.41, 5.74) is 0. The Balaban J connectivity index is 3.92. The maximum Gasteiger partial charge on any atom is 0.472 e. The molecule has 0 fully saturated rings. The van der Waals surface area contributed by atoms with E-state index >= 15 is 0 Å². The van der Waals surface area contributed by atoms with E-state index in [9.17, 15) is 34.1 Å². The van der Waals surface area contributed by atoms with Gasteiger partial charge in [-0.3, -0.25) is 18.6 Å². The van der Waals surface area contributed by atoms with Gasteiger partial charge in [-0.05, 0) is 77.0 Å². The molecular weight excluding hydrogens is 757 g/mol. The summed E-state index contributed by atoms with van der Waals surface area (Å²) in [6, 6.07) is -1.55. The van der Waals surface area contributed by atoms with E-state index in [4.69, 9.17) is 13.8 Å². The van der Waals surface area contributed by atoms with E-state index in [-0.39, 0.29) is 12.8 Å². The number of carbonyl (C=O) groups excluding carboxylic acids is 2. The quantitative estimate of drug-likeness (QED) is 0.0201. The number of hydrogen-bond acceptors (Lipinski definition) is 8. The van der Waals surface area contributed by atoms with Gasteiger partial charge in [0.1, 0.15) is 12.7 Å². The maximum atomic E-state index is 12.3. The average Bonchev–Trinajstić information content (AvgIpc) is 3.20. The van der Waals surface area contributed by atoms with Gasteiger partial charge in [-0.25, -0.2) is 9.36 Å². The Morgan fingerprint density at radius 2 is 0.948 bits per heavy atom. The molecule has 3 unspecified atom stereocenters. The molecule has 0 aliphatic carbocycles. The Bertz CT molecular complexity index is 1170. The largest absolute Gasteiger partial charge is 0.480 e. The number of carboxylic acids is 1. The summed E-state index contributed by atoms with van der Waals surface area (Å²) in [6.45, 7) is 2.54. The van der Waals surface area contributed by atoms with Crippen LogP contribution in [0.5, 0.6) is 0 Å². The van der Waals surface area contributed by atoms with Gasteiger partial charge in [0.15, 0.2) is 6.04 Å². The number of allylic oxidation sites excluding steroid dienone is 8. The van der Waals surface area contributed by atoms with Crippen LogP contribution < -0.4 is 5.32 Å². The lowest BCUT2D eigenvalue weighted by Gasteiger charge is -2.18. The van der Waals surface area contributed by atoms with E-state index in [2.05, 4.69) is 67.8 Å². The van der Waals surface area contributed by atoms with Crippen LogP contribution in [-0.2, 0) is 32.7 Å². The molecule has 0 heterocycles. The van der Waals surface area contributed by atoms with Gasteiger partial charge in [-0.15, -0.1) is 0 Å². The third-order valence-electron chi connectivity index (χ3n) is 9.59. The number of ether oxygens (including phenoxy) is 1. The third kappa shape index (κ3) is 40.2. The Morgan fingerprint density at radius 3 is 1.47 bits per heavy atom. The average molecular weight is 840 g/mol. The molecule has 0 saturated heterocycles. The summed E-state index contributed by atoms with van der Waals surface area (Å²) in [7, 11) is -4.76. The molecule has 0 spiro atoms. The maximum absolute atomic E-state index is 12.3. The van der Waals surface area contributed by atoms with E-state index in [0.29, 0.717) is 12.8 Å². The number of nitrogens with one attached hydrogen (secondary N) is 1. The number of aliphatic hydroxyl groups is 1. The van der Waals surface area contributed by atoms with Crippen LogP contribution in [0.15, 0.2) is 48.6 Å². The van der Waals surface area contributed by atoms with Crippen LogP contribution in [0, 0.1) is 0 Å². The molecule has 11 nitrogen and oxygen atoms in total. The van der Waals surface area contributed by atoms with Crippen molar-refractivity contribution in [2.24, 2.45) is 0 Å². The molecule has 0 aromatic carbocycles. The lowest BCUT2D eigenvalue weighted by molar-refractivity contribution is -0.147. The highest BCUT2D eigenvalue weighted by Gasteiger charge is 2.28. The number of carboxylic acid groups (broad SMARTS) is 1. The van der Waals surface area contributed by atoms with Crippen molar-refractivity contribution in [1.29, 1.82) is 0 Å². The standard InChI is InChI=1S/C46H82NO10P/c1-3-5-7-9-11-13-15-17-19-20-21-22-24-26-28-30-32-34-36-38-45(50)55-39-42(48)40-56-58(53,54)57-41-43(46(51)52)47-44(49)37-35-33-31-29-27-25-23-18-16-14-12-10-8-6-4-2/h11,13,17-19,21-23,42-43,48H,3-10,12,14-16,20,24-41H2,1-2H3,(H,47,49)(H,51,52)(H,53,54)/b13-11-,19-17-,22-21-,23-18-. The molecule has 0 aromatic heterocycles. The second-order valence-electron chi connectivity index (χ2n) is 15.2. The smallest absolute Gasteiger partial charge is 0.472 e. The van der Waals surface area contributed by atoms with E-state index in [0.717, 1.165) is 89.9 Å². The molecule has 12 heteroatoms. The first kappa shape index (κ1) is 55.4. The first-order valence-corrected chi connectivity index (χ1v) is 24.2. The molecule has 0 radical (unpaired) electrons. The van der Waals surface area contributed by atoms with Crippen molar-refractivity contribution in [2.75, 3.05) is 19.8 Å². The predicted molar refractivity (Wildman–Crippen MR) is 235 cm³/mol. The van der Waals surface area contributed by atoms with Gasteiger partial charge < -0.3 is 25.2 Å². The van der Waals surface area contributed by atoms with Crippen LogP contribution >= 0.6 is 7.82 Å². The van der Waals surface area contributed by atoms with Gasteiger partial charge in [0, 0.05) is 12.8 Å². The second-order valence-corrected chi connectivity index (χ2v) is 16.7. The number of aliphatic hydroxyl groups excluding tert-OH is 1. The molecule has 58 heavy (non-hydrogen) atoms. The zero-order chi connectivity index (χ0) is 42.8. The lowest BCUT2D eigenvalue weighted by atomic mass is 10.1. The number of amides is 1. The number of carbonyl (C=O) groups is 3. The SMILES string of the molecule is CCCCC/C=C\C/C=C\C/C=C\CCCCCCCCC(=O)OCC(O)COP(=O)(O)OCC(NC(=O)CCCCCCC/C=C\CCCCCCCC)C(=O)O. The minimum Gasteiger partial charge on any atom is -0.480 e. The van der Waals surface area contributed by atoms with E-state index < -0.39 is 57.6 Å².